The van der Waals surface area contributed by atoms with Gasteiger partial charge in [-0.3, -0.25) is 4.79 Å². The third kappa shape index (κ3) is 6.57. The van der Waals surface area contributed by atoms with E-state index in [0.29, 0.717) is 5.69 Å². The number of carbonyl (C=O) groups is 2. The zero-order valence-corrected chi connectivity index (χ0v) is 18.3. The smallest absolute Gasteiger partial charge is 0.407 e. The minimum Gasteiger partial charge on any atom is -0.444 e. The van der Waals surface area contributed by atoms with E-state index in [9.17, 15) is 14.7 Å². The van der Waals surface area contributed by atoms with Crippen LogP contribution >= 0.6 is 11.3 Å². The molecule has 1 unspecified atom stereocenters. The lowest BCUT2D eigenvalue weighted by atomic mass is 10.0. The summed E-state index contributed by atoms with van der Waals surface area (Å²) in [7, 11) is 0. The van der Waals surface area contributed by atoms with Crippen molar-refractivity contribution in [3.05, 3.63) is 64.4 Å². The molecule has 0 spiro atoms. The first-order valence-electron chi connectivity index (χ1n) is 9.53. The number of aliphatic hydroxyl groups excluding tert-OH is 1. The first-order chi connectivity index (χ1) is 14.2. The average molecular weight is 429 g/mol. The van der Waals surface area contributed by atoms with Crippen molar-refractivity contribution in [2.45, 2.75) is 38.9 Å². The molecule has 0 saturated heterocycles. The van der Waals surface area contributed by atoms with E-state index in [0.717, 1.165) is 20.9 Å². The number of ether oxygens (including phenoxy) is 1. The number of amides is 2. The van der Waals surface area contributed by atoms with Crippen LogP contribution in [0.5, 0.6) is 0 Å². The van der Waals surface area contributed by atoms with Gasteiger partial charge in [-0.2, -0.15) is 0 Å². The summed E-state index contributed by atoms with van der Waals surface area (Å²) in [6.45, 7) is 12.8. The van der Waals surface area contributed by atoms with Gasteiger partial charge in [0.2, 0.25) is 5.91 Å². The van der Waals surface area contributed by atoms with Crippen LogP contribution in [0.25, 0.3) is 12.2 Å². The number of benzene rings is 1. The van der Waals surface area contributed by atoms with Gasteiger partial charge in [0.25, 0.3) is 0 Å². The molecule has 7 heteroatoms. The summed E-state index contributed by atoms with van der Waals surface area (Å²) in [6.07, 6.45) is 2.82. The van der Waals surface area contributed by atoms with Gasteiger partial charge in [-0.1, -0.05) is 31.4 Å². The standard InChI is InChI=1S/C23H28N2O4S/c1-6-15-8-9-17(12-16(15)7-2)25-21(27)19(20-11-10-18(14-26)30-20)13-24-22(28)29-23(3,4)5/h6-12,19,26H,1-2,13-14H2,3-5H3,(H,24,28)(H,25,27). The SMILES string of the molecule is C=Cc1ccc(NC(=O)C(CNC(=O)OC(C)(C)C)c2ccc(CO)s2)cc1C=C. The fraction of sp³-hybridized carbons (Fsp3) is 0.304. The van der Waals surface area contributed by atoms with Crippen molar-refractivity contribution in [2.24, 2.45) is 0 Å². The van der Waals surface area contributed by atoms with E-state index in [1.54, 1.807) is 51.1 Å². The third-order valence-corrected chi connectivity index (χ3v) is 5.33. The first-order valence-corrected chi connectivity index (χ1v) is 10.3. The molecular formula is C23H28N2O4S. The fourth-order valence-electron chi connectivity index (χ4n) is 2.73. The van der Waals surface area contributed by atoms with Gasteiger partial charge in [0, 0.05) is 22.0 Å². The molecule has 160 valence electrons. The van der Waals surface area contributed by atoms with Gasteiger partial charge in [-0.05, 0) is 56.2 Å². The third-order valence-electron chi connectivity index (χ3n) is 4.14. The van der Waals surface area contributed by atoms with Gasteiger partial charge in [0.1, 0.15) is 5.60 Å². The van der Waals surface area contributed by atoms with Crippen LogP contribution in [0.4, 0.5) is 10.5 Å². The number of rotatable bonds is 8. The molecule has 0 fully saturated rings. The summed E-state index contributed by atoms with van der Waals surface area (Å²) < 4.78 is 5.27. The van der Waals surface area contributed by atoms with Crippen LogP contribution in [0.2, 0.25) is 0 Å². The molecule has 0 aliphatic carbocycles. The van der Waals surface area contributed by atoms with Gasteiger partial charge < -0.3 is 20.5 Å². The van der Waals surface area contributed by atoms with Crippen LogP contribution in [0.1, 0.15) is 47.6 Å². The van der Waals surface area contributed by atoms with Gasteiger partial charge in [-0.15, -0.1) is 11.3 Å². The molecule has 0 aliphatic heterocycles. The monoisotopic (exact) mass is 428 g/mol. The summed E-state index contributed by atoms with van der Waals surface area (Å²) >= 11 is 1.33. The van der Waals surface area contributed by atoms with Crippen LogP contribution in [-0.4, -0.2) is 29.3 Å². The van der Waals surface area contributed by atoms with E-state index in [-0.39, 0.29) is 19.1 Å². The molecule has 0 saturated carbocycles. The highest BCUT2D eigenvalue weighted by atomic mass is 32.1. The minimum absolute atomic E-state index is 0.0607. The summed E-state index contributed by atoms with van der Waals surface area (Å²) in [5.74, 6) is -0.923. The Labute approximate surface area is 181 Å². The maximum Gasteiger partial charge on any atom is 0.407 e. The van der Waals surface area contributed by atoms with E-state index < -0.39 is 17.6 Å². The number of hydrogen-bond donors (Lipinski definition) is 3. The molecule has 2 aromatic rings. The Morgan fingerprint density at radius 1 is 1.17 bits per heavy atom. The van der Waals surface area contributed by atoms with Gasteiger partial charge in [0.15, 0.2) is 0 Å². The Morgan fingerprint density at radius 2 is 1.87 bits per heavy atom. The molecule has 6 nitrogen and oxygen atoms in total. The number of anilines is 1. The van der Waals surface area contributed by atoms with E-state index >= 15 is 0 Å². The molecule has 0 radical (unpaired) electrons. The van der Waals surface area contributed by atoms with Crippen molar-refractivity contribution in [1.82, 2.24) is 5.32 Å². The molecule has 1 aromatic heterocycles. The highest BCUT2D eigenvalue weighted by Crippen LogP contribution is 2.27. The summed E-state index contributed by atoms with van der Waals surface area (Å²) in [6, 6.07) is 9.00. The first kappa shape index (κ1) is 23.4. The van der Waals surface area contributed by atoms with Crippen molar-refractivity contribution in [3.63, 3.8) is 0 Å². The zero-order chi connectivity index (χ0) is 22.3. The minimum atomic E-state index is -0.644. The topological polar surface area (TPSA) is 87.7 Å². The van der Waals surface area contributed by atoms with Crippen LogP contribution in [0, 0.1) is 0 Å². The Hall–Kier alpha value is -2.90. The van der Waals surface area contributed by atoms with Crippen LogP contribution in [0.15, 0.2) is 43.5 Å². The Morgan fingerprint density at radius 3 is 2.43 bits per heavy atom. The van der Waals surface area contributed by atoms with Gasteiger partial charge in [-0.25, -0.2) is 4.79 Å². The molecular weight excluding hydrogens is 400 g/mol. The lowest BCUT2D eigenvalue weighted by Crippen LogP contribution is -2.37. The van der Waals surface area contributed by atoms with E-state index in [1.807, 2.05) is 12.1 Å². The number of hydrogen-bond acceptors (Lipinski definition) is 5. The number of nitrogens with one attached hydrogen (secondary N) is 2. The number of aliphatic hydroxyl groups is 1. The number of alkyl carbamates (subject to hydrolysis) is 1. The lowest BCUT2D eigenvalue weighted by molar-refractivity contribution is -0.117. The predicted molar refractivity (Wildman–Crippen MR) is 122 cm³/mol. The highest BCUT2D eigenvalue weighted by molar-refractivity contribution is 7.12. The second kappa shape index (κ2) is 10.2. The predicted octanol–water partition coefficient (Wildman–Crippen LogP) is 4.77. The number of thiophene rings is 1. The van der Waals surface area contributed by atoms with Gasteiger partial charge in [0.05, 0.1) is 12.5 Å². The quantitative estimate of drug-likeness (QED) is 0.565. The van der Waals surface area contributed by atoms with E-state index in [4.69, 9.17) is 4.74 Å². The molecule has 0 aliphatic rings. The van der Waals surface area contributed by atoms with Gasteiger partial charge >= 0.3 is 6.09 Å². The molecule has 2 amide bonds. The van der Waals surface area contributed by atoms with Crippen molar-refractivity contribution in [1.29, 1.82) is 0 Å². The summed E-state index contributed by atoms with van der Waals surface area (Å²) in [5.41, 5.74) is 1.74. The van der Waals surface area contributed by atoms with E-state index in [2.05, 4.69) is 23.8 Å². The van der Waals surface area contributed by atoms with Crippen LogP contribution < -0.4 is 10.6 Å². The fourth-order valence-corrected chi connectivity index (χ4v) is 3.71. The van der Waals surface area contributed by atoms with Crippen molar-refractivity contribution in [3.8, 4) is 0 Å². The second-order valence-corrected chi connectivity index (χ2v) is 8.84. The Balaban J connectivity index is 2.20. The number of carbonyl (C=O) groups excluding carboxylic acids is 2. The Bertz CT molecular complexity index is 928. The molecule has 0 bridgehead atoms. The molecule has 2 rings (SSSR count). The highest BCUT2D eigenvalue weighted by Gasteiger charge is 2.25. The molecule has 30 heavy (non-hydrogen) atoms. The van der Waals surface area contributed by atoms with Crippen molar-refractivity contribution >= 4 is 41.2 Å². The summed E-state index contributed by atoms with van der Waals surface area (Å²) in [5, 5.41) is 14.9. The van der Waals surface area contributed by atoms with Crippen molar-refractivity contribution in [2.75, 3.05) is 11.9 Å². The lowest BCUT2D eigenvalue weighted by Gasteiger charge is -2.21. The maximum atomic E-state index is 13.1. The maximum absolute atomic E-state index is 13.1. The molecule has 1 heterocycles. The Kier molecular flexibility index (Phi) is 7.97. The van der Waals surface area contributed by atoms with Crippen molar-refractivity contribution < 1.29 is 19.4 Å². The van der Waals surface area contributed by atoms with E-state index in [1.165, 1.54) is 11.3 Å². The second-order valence-electron chi connectivity index (χ2n) is 7.64. The average Bonchev–Trinajstić information content (AvgIpc) is 3.15. The molecule has 1 atom stereocenters. The summed E-state index contributed by atoms with van der Waals surface area (Å²) in [4.78, 5) is 26.6. The van der Waals surface area contributed by atoms with Crippen LogP contribution in [0.3, 0.4) is 0 Å². The zero-order valence-electron chi connectivity index (χ0n) is 17.5. The normalized spacial score (nSPS) is 12.0. The molecule has 3 N–H and O–H groups in total. The molecule has 1 aromatic carbocycles. The largest absolute Gasteiger partial charge is 0.444 e. The van der Waals surface area contributed by atoms with Crippen LogP contribution in [-0.2, 0) is 16.1 Å².